The standard InChI is InChI=1S/C24H21NO5/c1-14-7-6-8-16(11-14)24(27)29-15(2)23(26)25-19-13-21-18(12-22(19)28-3)17-9-4-5-10-20(17)30-21/h4-13,15H,1-3H3,(H,25,26). The summed E-state index contributed by atoms with van der Waals surface area (Å²) in [5.41, 5.74) is 3.14. The molecule has 0 saturated heterocycles. The van der Waals surface area contributed by atoms with Crippen LogP contribution >= 0.6 is 0 Å². The Hall–Kier alpha value is -3.80. The second kappa shape index (κ2) is 7.91. The van der Waals surface area contributed by atoms with Crippen LogP contribution < -0.4 is 10.1 Å². The zero-order valence-corrected chi connectivity index (χ0v) is 16.9. The third kappa shape index (κ3) is 3.72. The number of carbonyl (C=O) groups is 2. The molecular weight excluding hydrogens is 382 g/mol. The summed E-state index contributed by atoms with van der Waals surface area (Å²) in [6.45, 7) is 3.41. The van der Waals surface area contributed by atoms with Crippen molar-refractivity contribution in [2.75, 3.05) is 12.4 Å². The average Bonchev–Trinajstić information content (AvgIpc) is 3.10. The molecule has 0 aliphatic rings. The molecule has 6 heteroatoms. The summed E-state index contributed by atoms with van der Waals surface area (Å²) in [4.78, 5) is 25.0. The van der Waals surface area contributed by atoms with Crippen molar-refractivity contribution in [3.63, 3.8) is 0 Å². The molecule has 3 aromatic carbocycles. The predicted octanol–water partition coefficient (Wildman–Crippen LogP) is 5.09. The molecule has 0 spiro atoms. The number of nitrogens with one attached hydrogen (secondary N) is 1. The highest BCUT2D eigenvalue weighted by atomic mass is 16.5. The summed E-state index contributed by atoms with van der Waals surface area (Å²) in [5.74, 6) is -0.537. The molecule has 1 aromatic heterocycles. The Morgan fingerprint density at radius 2 is 1.77 bits per heavy atom. The Labute approximate surface area is 173 Å². The molecule has 1 unspecified atom stereocenters. The highest BCUT2D eigenvalue weighted by Crippen LogP contribution is 2.36. The Morgan fingerprint density at radius 1 is 0.967 bits per heavy atom. The van der Waals surface area contributed by atoms with Crippen LogP contribution in [0.2, 0.25) is 0 Å². The number of esters is 1. The van der Waals surface area contributed by atoms with Gasteiger partial charge in [0.05, 0.1) is 18.4 Å². The van der Waals surface area contributed by atoms with Gasteiger partial charge in [0.15, 0.2) is 6.10 Å². The number of hydrogen-bond acceptors (Lipinski definition) is 5. The number of anilines is 1. The molecule has 1 N–H and O–H groups in total. The Morgan fingerprint density at radius 3 is 2.53 bits per heavy atom. The quantitative estimate of drug-likeness (QED) is 0.470. The monoisotopic (exact) mass is 403 g/mol. The van der Waals surface area contributed by atoms with E-state index >= 15 is 0 Å². The van der Waals surface area contributed by atoms with Gasteiger partial charge in [-0.25, -0.2) is 4.79 Å². The molecular formula is C24H21NO5. The minimum atomic E-state index is -0.992. The number of furan rings is 1. The Kier molecular flexibility index (Phi) is 5.14. The molecule has 0 bridgehead atoms. The molecule has 30 heavy (non-hydrogen) atoms. The maximum absolute atomic E-state index is 12.6. The number of ether oxygens (including phenoxy) is 2. The summed E-state index contributed by atoms with van der Waals surface area (Å²) < 4.78 is 16.6. The highest BCUT2D eigenvalue weighted by Gasteiger charge is 2.21. The third-order valence-corrected chi connectivity index (χ3v) is 4.86. The van der Waals surface area contributed by atoms with Gasteiger partial charge < -0.3 is 19.2 Å². The fraction of sp³-hybridized carbons (Fsp3) is 0.167. The van der Waals surface area contributed by atoms with Crippen molar-refractivity contribution >= 4 is 39.5 Å². The van der Waals surface area contributed by atoms with Gasteiger partial charge in [0.1, 0.15) is 16.9 Å². The molecule has 0 saturated carbocycles. The smallest absolute Gasteiger partial charge is 0.338 e. The lowest BCUT2D eigenvalue weighted by Crippen LogP contribution is -2.30. The van der Waals surface area contributed by atoms with Crippen LogP contribution in [-0.2, 0) is 9.53 Å². The van der Waals surface area contributed by atoms with E-state index in [1.807, 2.05) is 43.3 Å². The zero-order chi connectivity index (χ0) is 21.3. The van der Waals surface area contributed by atoms with Gasteiger partial charge in [-0.15, -0.1) is 0 Å². The van der Waals surface area contributed by atoms with E-state index in [4.69, 9.17) is 13.9 Å². The number of fused-ring (bicyclic) bond motifs is 3. The first-order valence-electron chi connectivity index (χ1n) is 9.54. The number of hydrogen-bond donors (Lipinski definition) is 1. The molecule has 4 aromatic rings. The van der Waals surface area contributed by atoms with Gasteiger partial charge in [0.25, 0.3) is 5.91 Å². The second-order valence-electron chi connectivity index (χ2n) is 7.05. The molecule has 0 fully saturated rings. The maximum Gasteiger partial charge on any atom is 0.338 e. The van der Waals surface area contributed by atoms with Crippen molar-refractivity contribution < 1.29 is 23.5 Å². The van der Waals surface area contributed by atoms with Crippen molar-refractivity contribution in [3.05, 3.63) is 71.8 Å². The van der Waals surface area contributed by atoms with E-state index < -0.39 is 18.0 Å². The van der Waals surface area contributed by atoms with Gasteiger partial charge in [-0.1, -0.05) is 35.9 Å². The van der Waals surface area contributed by atoms with Crippen LogP contribution in [0.25, 0.3) is 21.9 Å². The first-order chi connectivity index (χ1) is 14.5. The number of para-hydroxylation sites is 1. The topological polar surface area (TPSA) is 77.8 Å². The summed E-state index contributed by atoms with van der Waals surface area (Å²) >= 11 is 0. The van der Waals surface area contributed by atoms with Gasteiger partial charge >= 0.3 is 5.97 Å². The van der Waals surface area contributed by atoms with Crippen molar-refractivity contribution in [1.82, 2.24) is 0 Å². The normalized spacial score (nSPS) is 12.0. The average molecular weight is 403 g/mol. The van der Waals surface area contributed by atoms with Crippen LogP contribution in [-0.4, -0.2) is 25.1 Å². The minimum Gasteiger partial charge on any atom is -0.495 e. The van der Waals surface area contributed by atoms with Crippen LogP contribution in [0.3, 0.4) is 0 Å². The zero-order valence-electron chi connectivity index (χ0n) is 16.9. The lowest BCUT2D eigenvalue weighted by atomic mass is 10.1. The van der Waals surface area contributed by atoms with E-state index in [2.05, 4.69) is 5.32 Å². The van der Waals surface area contributed by atoms with Crippen LogP contribution in [0.15, 0.2) is 65.1 Å². The van der Waals surface area contributed by atoms with Gasteiger partial charge in [0, 0.05) is 16.8 Å². The Balaban J connectivity index is 1.55. The minimum absolute atomic E-state index is 0.399. The summed E-state index contributed by atoms with van der Waals surface area (Å²) in [6, 6.07) is 18.2. The van der Waals surface area contributed by atoms with Crippen molar-refractivity contribution in [1.29, 1.82) is 0 Å². The van der Waals surface area contributed by atoms with Crippen LogP contribution in [0, 0.1) is 6.92 Å². The van der Waals surface area contributed by atoms with Crippen molar-refractivity contribution in [3.8, 4) is 5.75 Å². The number of methoxy groups -OCH3 is 1. The molecule has 6 nitrogen and oxygen atoms in total. The molecule has 152 valence electrons. The molecule has 1 amide bonds. The first kappa shape index (κ1) is 19.5. The van der Waals surface area contributed by atoms with E-state index in [1.165, 1.54) is 14.0 Å². The highest BCUT2D eigenvalue weighted by molar-refractivity contribution is 6.08. The lowest BCUT2D eigenvalue weighted by molar-refractivity contribution is -0.123. The SMILES string of the molecule is COc1cc2c(cc1NC(=O)C(C)OC(=O)c1cccc(C)c1)oc1ccccc12. The summed E-state index contributed by atoms with van der Waals surface area (Å²) in [5, 5.41) is 4.62. The largest absolute Gasteiger partial charge is 0.495 e. The molecule has 1 atom stereocenters. The third-order valence-electron chi connectivity index (χ3n) is 4.86. The number of benzene rings is 3. The second-order valence-corrected chi connectivity index (χ2v) is 7.05. The van der Waals surface area contributed by atoms with Crippen LogP contribution in [0.1, 0.15) is 22.8 Å². The summed E-state index contributed by atoms with van der Waals surface area (Å²) in [7, 11) is 1.53. The van der Waals surface area contributed by atoms with E-state index in [1.54, 1.807) is 24.3 Å². The van der Waals surface area contributed by atoms with Gasteiger partial charge in [-0.3, -0.25) is 4.79 Å². The molecule has 0 aliphatic heterocycles. The lowest BCUT2D eigenvalue weighted by Gasteiger charge is -2.15. The van der Waals surface area contributed by atoms with Crippen molar-refractivity contribution in [2.24, 2.45) is 0 Å². The Bertz CT molecular complexity index is 1260. The maximum atomic E-state index is 12.6. The number of rotatable bonds is 5. The molecule has 0 radical (unpaired) electrons. The van der Waals surface area contributed by atoms with E-state index in [0.717, 1.165) is 21.9 Å². The first-order valence-corrected chi connectivity index (χ1v) is 9.54. The predicted molar refractivity (Wildman–Crippen MR) is 115 cm³/mol. The van der Waals surface area contributed by atoms with Gasteiger partial charge in [-0.2, -0.15) is 0 Å². The van der Waals surface area contributed by atoms with Gasteiger partial charge in [-0.05, 0) is 38.1 Å². The fourth-order valence-corrected chi connectivity index (χ4v) is 3.31. The number of amides is 1. The van der Waals surface area contributed by atoms with Crippen LogP contribution in [0.4, 0.5) is 5.69 Å². The van der Waals surface area contributed by atoms with Crippen molar-refractivity contribution in [2.45, 2.75) is 20.0 Å². The van der Waals surface area contributed by atoms with Crippen LogP contribution in [0.5, 0.6) is 5.75 Å². The van der Waals surface area contributed by atoms with E-state index in [0.29, 0.717) is 22.6 Å². The molecule has 0 aliphatic carbocycles. The molecule has 1 heterocycles. The number of aryl methyl sites for hydroxylation is 1. The summed E-state index contributed by atoms with van der Waals surface area (Å²) in [6.07, 6.45) is -0.992. The molecule has 4 rings (SSSR count). The van der Waals surface area contributed by atoms with E-state index in [-0.39, 0.29) is 0 Å². The fourth-order valence-electron chi connectivity index (χ4n) is 3.31. The van der Waals surface area contributed by atoms with Gasteiger partial charge in [0.2, 0.25) is 0 Å². The van der Waals surface area contributed by atoms with E-state index in [9.17, 15) is 9.59 Å². The number of carbonyl (C=O) groups excluding carboxylic acids is 2.